The molecule has 2 aliphatic rings. The molecule has 1 aromatic carbocycles. The molecule has 1 aromatic rings. The van der Waals surface area contributed by atoms with Gasteiger partial charge in [-0.3, -0.25) is 9.59 Å². The lowest BCUT2D eigenvalue weighted by Gasteiger charge is -2.34. The molecule has 32 heavy (non-hydrogen) atoms. The van der Waals surface area contributed by atoms with Crippen LogP contribution in [0.25, 0.3) is 0 Å². The first-order chi connectivity index (χ1) is 15.3. The minimum Gasteiger partial charge on any atom is -0.353 e. The van der Waals surface area contributed by atoms with Gasteiger partial charge < -0.3 is 15.1 Å². The van der Waals surface area contributed by atoms with Crippen LogP contribution in [-0.2, 0) is 19.6 Å². The van der Waals surface area contributed by atoms with Crippen molar-refractivity contribution in [3.05, 3.63) is 30.3 Å². The number of hydrogen-bond donors (Lipinski definition) is 1. The van der Waals surface area contributed by atoms with Gasteiger partial charge in [0.1, 0.15) is 0 Å². The van der Waals surface area contributed by atoms with Crippen LogP contribution in [0.4, 0.5) is 0 Å². The molecule has 0 saturated carbocycles. The molecule has 2 aliphatic heterocycles. The number of amides is 2. The number of rotatable bonds is 8. The number of carbonyl (C=O) groups is 2. The maximum Gasteiger partial charge on any atom is 0.243 e. The first-order valence-corrected chi connectivity index (χ1v) is 13.0. The summed E-state index contributed by atoms with van der Waals surface area (Å²) < 4.78 is 26.8. The summed E-state index contributed by atoms with van der Waals surface area (Å²) >= 11 is 0. The highest BCUT2D eigenvalue weighted by atomic mass is 32.2. The summed E-state index contributed by atoms with van der Waals surface area (Å²) in [5.74, 6) is 0.474. The van der Waals surface area contributed by atoms with Crippen molar-refractivity contribution in [2.75, 3.05) is 45.8 Å². The predicted octanol–water partition coefficient (Wildman–Crippen LogP) is 1.54. The van der Waals surface area contributed by atoms with Crippen molar-refractivity contribution >= 4 is 21.8 Å². The zero-order chi connectivity index (χ0) is 23.1. The number of likely N-dealkylation sites (tertiary alicyclic amines) is 1. The van der Waals surface area contributed by atoms with Gasteiger partial charge in [0, 0.05) is 64.7 Å². The number of sulfonamides is 1. The maximum atomic E-state index is 12.7. The van der Waals surface area contributed by atoms with E-state index in [4.69, 9.17) is 0 Å². The van der Waals surface area contributed by atoms with Gasteiger partial charge in [0.05, 0.1) is 4.90 Å². The Labute approximate surface area is 192 Å². The van der Waals surface area contributed by atoms with Crippen LogP contribution in [-0.4, -0.2) is 86.2 Å². The fourth-order valence-electron chi connectivity index (χ4n) is 4.37. The van der Waals surface area contributed by atoms with E-state index in [0.29, 0.717) is 19.0 Å². The average molecular weight is 465 g/mol. The Bertz CT molecular complexity index is 859. The van der Waals surface area contributed by atoms with Crippen molar-refractivity contribution in [1.82, 2.24) is 19.4 Å². The van der Waals surface area contributed by atoms with E-state index in [2.05, 4.69) is 24.1 Å². The van der Waals surface area contributed by atoms with E-state index in [-0.39, 0.29) is 48.7 Å². The highest BCUT2D eigenvalue weighted by Gasteiger charge is 2.30. The highest BCUT2D eigenvalue weighted by molar-refractivity contribution is 7.89. The number of benzene rings is 1. The van der Waals surface area contributed by atoms with E-state index < -0.39 is 10.0 Å². The van der Waals surface area contributed by atoms with Gasteiger partial charge in [-0.2, -0.15) is 4.31 Å². The molecule has 0 radical (unpaired) electrons. The molecule has 2 amide bonds. The second-order valence-corrected chi connectivity index (χ2v) is 11.1. The van der Waals surface area contributed by atoms with E-state index in [0.717, 1.165) is 32.5 Å². The summed E-state index contributed by atoms with van der Waals surface area (Å²) in [6, 6.07) is 8.54. The van der Waals surface area contributed by atoms with Crippen molar-refractivity contribution in [2.24, 2.45) is 5.92 Å². The van der Waals surface area contributed by atoms with Crippen LogP contribution in [0.1, 0.15) is 39.5 Å². The minimum absolute atomic E-state index is 0.0778. The van der Waals surface area contributed by atoms with Gasteiger partial charge in [0.25, 0.3) is 0 Å². The molecular formula is C23H36N4O4S. The van der Waals surface area contributed by atoms with Crippen LogP contribution in [0.3, 0.4) is 0 Å². The summed E-state index contributed by atoms with van der Waals surface area (Å²) in [4.78, 5) is 29.2. The number of carbonyl (C=O) groups excluding carboxylic acids is 2. The van der Waals surface area contributed by atoms with Gasteiger partial charge in [0.15, 0.2) is 0 Å². The number of hydrogen-bond acceptors (Lipinski definition) is 5. The maximum absolute atomic E-state index is 12.7. The zero-order valence-electron chi connectivity index (χ0n) is 19.2. The van der Waals surface area contributed by atoms with Crippen molar-refractivity contribution < 1.29 is 18.0 Å². The molecule has 0 bridgehead atoms. The molecule has 2 fully saturated rings. The largest absolute Gasteiger partial charge is 0.353 e. The Morgan fingerprint density at radius 3 is 2.19 bits per heavy atom. The summed E-state index contributed by atoms with van der Waals surface area (Å²) in [6.45, 7) is 8.75. The van der Waals surface area contributed by atoms with Crippen molar-refractivity contribution in [2.45, 2.75) is 50.5 Å². The van der Waals surface area contributed by atoms with E-state index in [1.54, 1.807) is 35.2 Å². The number of piperidine rings is 1. The number of nitrogens with one attached hydrogen (secondary N) is 1. The SMILES string of the molecule is CC(C)CN1CCC(NC(=O)CCC(=O)N2CCN(S(=O)(=O)c3ccccc3)CC2)CC1. The topological polar surface area (TPSA) is 90.0 Å². The lowest BCUT2D eigenvalue weighted by Crippen LogP contribution is -2.50. The molecule has 0 aromatic heterocycles. The first-order valence-electron chi connectivity index (χ1n) is 11.6. The average Bonchev–Trinajstić information content (AvgIpc) is 2.79. The van der Waals surface area contributed by atoms with E-state index in [1.165, 1.54) is 4.31 Å². The van der Waals surface area contributed by atoms with Gasteiger partial charge in [0.2, 0.25) is 21.8 Å². The molecule has 0 unspecified atom stereocenters. The normalized spacial score (nSPS) is 19.3. The van der Waals surface area contributed by atoms with Gasteiger partial charge in [-0.25, -0.2) is 8.42 Å². The van der Waals surface area contributed by atoms with Crippen LogP contribution in [0.15, 0.2) is 35.2 Å². The standard InChI is InChI=1S/C23H36N4O4S/c1-19(2)18-25-12-10-20(11-13-25)24-22(28)8-9-23(29)26-14-16-27(17-15-26)32(30,31)21-6-4-3-5-7-21/h3-7,19-20H,8-18H2,1-2H3,(H,24,28). The van der Waals surface area contributed by atoms with Crippen LogP contribution < -0.4 is 5.32 Å². The lowest BCUT2D eigenvalue weighted by molar-refractivity contribution is -0.134. The lowest BCUT2D eigenvalue weighted by atomic mass is 10.0. The molecule has 178 valence electrons. The summed E-state index contributed by atoms with van der Waals surface area (Å²) in [5, 5.41) is 3.07. The van der Waals surface area contributed by atoms with Crippen LogP contribution >= 0.6 is 0 Å². The summed E-state index contributed by atoms with van der Waals surface area (Å²) in [7, 11) is -3.54. The van der Waals surface area contributed by atoms with Crippen LogP contribution in [0.2, 0.25) is 0 Å². The fraction of sp³-hybridized carbons (Fsp3) is 0.652. The van der Waals surface area contributed by atoms with Gasteiger partial charge in [-0.1, -0.05) is 32.0 Å². The molecular weight excluding hydrogens is 428 g/mol. The Kier molecular flexibility index (Phi) is 8.67. The summed E-state index contributed by atoms with van der Waals surface area (Å²) in [5.41, 5.74) is 0. The molecule has 2 heterocycles. The molecule has 0 atom stereocenters. The molecule has 8 nitrogen and oxygen atoms in total. The third-order valence-corrected chi connectivity index (χ3v) is 8.03. The predicted molar refractivity (Wildman–Crippen MR) is 123 cm³/mol. The molecule has 1 N–H and O–H groups in total. The quantitative estimate of drug-likeness (QED) is 0.630. The van der Waals surface area contributed by atoms with Crippen LogP contribution in [0.5, 0.6) is 0 Å². The van der Waals surface area contributed by atoms with Gasteiger partial charge >= 0.3 is 0 Å². The monoisotopic (exact) mass is 464 g/mol. The number of piperazine rings is 1. The van der Waals surface area contributed by atoms with Gasteiger partial charge in [-0.15, -0.1) is 0 Å². The van der Waals surface area contributed by atoms with Crippen molar-refractivity contribution in [3.8, 4) is 0 Å². The van der Waals surface area contributed by atoms with Crippen LogP contribution in [0, 0.1) is 5.92 Å². The Balaban J connectivity index is 1.37. The van der Waals surface area contributed by atoms with Crippen molar-refractivity contribution in [1.29, 1.82) is 0 Å². The Morgan fingerprint density at radius 1 is 0.969 bits per heavy atom. The fourth-order valence-corrected chi connectivity index (χ4v) is 5.82. The van der Waals surface area contributed by atoms with Crippen molar-refractivity contribution in [3.63, 3.8) is 0 Å². The Morgan fingerprint density at radius 2 is 1.59 bits per heavy atom. The second-order valence-electron chi connectivity index (χ2n) is 9.13. The molecule has 0 spiro atoms. The molecule has 9 heteroatoms. The van der Waals surface area contributed by atoms with E-state index in [9.17, 15) is 18.0 Å². The molecule has 0 aliphatic carbocycles. The second kappa shape index (κ2) is 11.2. The van der Waals surface area contributed by atoms with E-state index >= 15 is 0 Å². The number of nitrogens with zero attached hydrogens (tertiary/aromatic N) is 3. The van der Waals surface area contributed by atoms with Gasteiger partial charge in [-0.05, 0) is 30.9 Å². The zero-order valence-corrected chi connectivity index (χ0v) is 20.0. The minimum atomic E-state index is -3.54. The summed E-state index contributed by atoms with van der Waals surface area (Å²) in [6.07, 6.45) is 2.23. The molecule has 3 rings (SSSR count). The third-order valence-electron chi connectivity index (χ3n) is 6.11. The third kappa shape index (κ3) is 6.76. The smallest absolute Gasteiger partial charge is 0.243 e. The Hall–Kier alpha value is -1.97. The highest BCUT2D eigenvalue weighted by Crippen LogP contribution is 2.18. The first kappa shape index (κ1) is 24.7. The molecule has 2 saturated heterocycles. The van der Waals surface area contributed by atoms with E-state index in [1.807, 2.05) is 0 Å².